The highest BCUT2D eigenvalue weighted by Crippen LogP contribution is 2.51. The van der Waals surface area contributed by atoms with Crippen molar-refractivity contribution in [3.8, 4) is 0 Å². The van der Waals surface area contributed by atoms with E-state index in [1.165, 1.54) is 0 Å². The fraction of sp³-hybridized carbons (Fsp3) is 1.00. The Bertz CT molecular complexity index is 128. The second-order valence-electron chi connectivity index (χ2n) is 1.57. The summed E-state index contributed by atoms with van der Waals surface area (Å²) in [5.74, 6) is 0. The van der Waals surface area contributed by atoms with Gasteiger partial charge < -0.3 is 0 Å². The van der Waals surface area contributed by atoms with Crippen LogP contribution in [0.4, 0.5) is 22.0 Å². The van der Waals surface area contributed by atoms with Gasteiger partial charge in [-0.2, -0.15) is 13.2 Å². The Balaban J connectivity index is 4.75. The summed E-state index contributed by atoms with van der Waals surface area (Å²) in [4.78, 5) is 0. The maximum absolute atomic E-state index is 12.1. The van der Waals surface area contributed by atoms with E-state index in [0.717, 1.165) is 0 Å². The first-order chi connectivity index (χ1) is 4.50. The molecule has 0 aliphatic carbocycles. The van der Waals surface area contributed by atoms with Gasteiger partial charge in [0.15, 0.2) is 0 Å². The van der Waals surface area contributed by atoms with Crippen LogP contribution in [-0.2, 0) is 0 Å². The van der Waals surface area contributed by atoms with E-state index < -0.39 is 15.9 Å². The zero-order valence-electron chi connectivity index (χ0n) is 4.52. The lowest BCUT2D eigenvalue weighted by atomic mass is 10.4. The maximum Gasteiger partial charge on any atom is 0.443 e. The third-order valence-corrected chi connectivity index (χ3v) is 1.90. The molecule has 0 saturated heterocycles. The minimum Gasteiger partial charge on any atom is -0.209 e. The highest BCUT2D eigenvalue weighted by Gasteiger charge is 2.68. The summed E-state index contributed by atoms with van der Waals surface area (Å²) in [7, 11) is 0. The zero-order valence-corrected chi connectivity index (χ0v) is 6.79. The fourth-order valence-corrected chi connectivity index (χ4v) is 0.375. The molecule has 0 rings (SSSR count). The van der Waals surface area contributed by atoms with Crippen molar-refractivity contribution in [2.75, 3.05) is 0 Å². The molecular formula is C3Cl3F5. The van der Waals surface area contributed by atoms with Crippen LogP contribution < -0.4 is 0 Å². The monoisotopic (exact) mass is 236 g/mol. The van der Waals surface area contributed by atoms with Gasteiger partial charge in [-0.25, -0.2) is 8.78 Å². The zero-order chi connectivity index (χ0) is 9.50. The molecule has 11 heavy (non-hydrogen) atoms. The van der Waals surface area contributed by atoms with Gasteiger partial charge in [0.2, 0.25) is 0 Å². The first-order valence-corrected chi connectivity index (χ1v) is 3.15. The van der Waals surface area contributed by atoms with Crippen LogP contribution in [0.1, 0.15) is 0 Å². The Morgan fingerprint density at radius 1 is 0.727 bits per heavy atom. The molecule has 0 heterocycles. The van der Waals surface area contributed by atoms with Gasteiger partial charge in [0, 0.05) is 0 Å². The molecule has 0 saturated carbocycles. The molecule has 0 nitrogen and oxygen atoms in total. The Kier molecular flexibility index (Phi) is 2.91. The van der Waals surface area contributed by atoms with Crippen LogP contribution in [0.2, 0.25) is 0 Å². The molecule has 1 atom stereocenters. The predicted octanol–water partition coefficient (Wildman–Crippen LogP) is 3.55. The van der Waals surface area contributed by atoms with Gasteiger partial charge in [0.05, 0.1) is 0 Å². The minimum absolute atomic E-state index is 4.06. The topological polar surface area (TPSA) is 0 Å². The SMILES string of the molecule is FC(F)(F)C(F)(Cl)C(F)(Cl)Cl. The Labute approximate surface area is 73.2 Å². The molecule has 0 aromatic rings. The molecule has 0 aromatic heterocycles. The Hall–Kier alpha value is 0.520. The lowest BCUT2D eigenvalue weighted by Crippen LogP contribution is -2.47. The molecule has 0 aliphatic rings. The van der Waals surface area contributed by atoms with Crippen molar-refractivity contribution < 1.29 is 22.0 Å². The lowest BCUT2D eigenvalue weighted by Gasteiger charge is -2.25. The molecule has 0 aromatic carbocycles. The number of hydrogen-bond acceptors (Lipinski definition) is 0. The molecule has 8 heteroatoms. The summed E-state index contributed by atoms with van der Waals surface area (Å²) in [6.07, 6.45) is -5.66. The van der Waals surface area contributed by atoms with Crippen molar-refractivity contribution in [1.82, 2.24) is 0 Å². The van der Waals surface area contributed by atoms with E-state index in [2.05, 4.69) is 34.8 Å². The van der Waals surface area contributed by atoms with Gasteiger partial charge in [-0.3, -0.25) is 0 Å². The van der Waals surface area contributed by atoms with E-state index in [1.807, 2.05) is 0 Å². The van der Waals surface area contributed by atoms with Crippen LogP contribution in [0, 0.1) is 0 Å². The van der Waals surface area contributed by atoms with Gasteiger partial charge in [-0.15, -0.1) is 0 Å². The van der Waals surface area contributed by atoms with Crippen LogP contribution in [0.5, 0.6) is 0 Å². The third-order valence-electron chi connectivity index (χ3n) is 0.712. The van der Waals surface area contributed by atoms with Gasteiger partial charge >= 0.3 is 15.9 Å². The van der Waals surface area contributed by atoms with E-state index in [0.29, 0.717) is 0 Å². The van der Waals surface area contributed by atoms with Crippen molar-refractivity contribution in [2.45, 2.75) is 15.9 Å². The van der Waals surface area contributed by atoms with Crippen molar-refractivity contribution in [3.63, 3.8) is 0 Å². The summed E-state index contributed by atoms with van der Waals surface area (Å²) >= 11 is 12.4. The second-order valence-corrected chi connectivity index (χ2v) is 3.33. The summed E-state index contributed by atoms with van der Waals surface area (Å²) < 4.78 is 54.1. The van der Waals surface area contributed by atoms with Gasteiger partial charge in [-0.1, -0.05) is 34.8 Å². The van der Waals surface area contributed by atoms with E-state index >= 15 is 0 Å². The Morgan fingerprint density at radius 2 is 1.00 bits per heavy atom. The molecular weight excluding hydrogens is 237 g/mol. The molecule has 0 spiro atoms. The first-order valence-electron chi connectivity index (χ1n) is 2.01. The molecule has 68 valence electrons. The summed E-state index contributed by atoms with van der Waals surface area (Å²) in [6, 6.07) is 0. The number of hydrogen-bond donors (Lipinski definition) is 0. The minimum atomic E-state index is -5.66. The molecule has 0 fully saturated rings. The van der Waals surface area contributed by atoms with Crippen molar-refractivity contribution in [2.24, 2.45) is 0 Å². The lowest BCUT2D eigenvalue weighted by molar-refractivity contribution is -0.212. The van der Waals surface area contributed by atoms with Crippen molar-refractivity contribution >= 4 is 34.8 Å². The van der Waals surface area contributed by atoms with Gasteiger partial charge in [0.25, 0.3) is 0 Å². The Morgan fingerprint density at radius 3 is 1.00 bits per heavy atom. The number of alkyl halides is 8. The number of halogens is 8. The largest absolute Gasteiger partial charge is 0.443 e. The van der Waals surface area contributed by atoms with Crippen LogP contribution in [0.3, 0.4) is 0 Å². The van der Waals surface area contributed by atoms with E-state index in [9.17, 15) is 22.0 Å². The molecule has 0 bridgehead atoms. The van der Waals surface area contributed by atoms with Crippen molar-refractivity contribution in [1.29, 1.82) is 0 Å². The molecule has 0 amide bonds. The summed E-state index contributed by atoms with van der Waals surface area (Å²) in [5, 5.41) is -4.79. The number of rotatable bonds is 1. The quantitative estimate of drug-likeness (QED) is 0.483. The van der Waals surface area contributed by atoms with E-state index in [-0.39, 0.29) is 0 Å². The van der Waals surface area contributed by atoms with Gasteiger partial charge in [-0.05, 0) is 0 Å². The highest BCUT2D eigenvalue weighted by molar-refractivity contribution is 6.52. The van der Waals surface area contributed by atoms with Crippen LogP contribution in [0.15, 0.2) is 0 Å². The summed E-state index contributed by atoms with van der Waals surface area (Å²) in [6.45, 7) is 0. The van der Waals surface area contributed by atoms with Crippen LogP contribution in [-0.4, -0.2) is 15.9 Å². The first kappa shape index (κ1) is 11.5. The third kappa shape index (κ3) is 2.23. The van der Waals surface area contributed by atoms with Gasteiger partial charge in [0.1, 0.15) is 0 Å². The molecule has 0 aliphatic heterocycles. The fourth-order valence-electron chi connectivity index (χ4n) is 0.161. The average molecular weight is 237 g/mol. The van der Waals surface area contributed by atoms with E-state index in [4.69, 9.17) is 0 Å². The standard InChI is InChI=1S/C3Cl3F5/c4-1(7,2(5,6)8)3(9,10)11. The summed E-state index contributed by atoms with van der Waals surface area (Å²) in [5.41, 5.74) is 0. The maximum atomic E-state index is 12.1. The molecule has 0 radical (unpaired) electrons. The predicted molar refractivity (Wildman–Crippen MR) is 31.3 cm³/mol. The smallest absolute Gasteiger partial charge is 0.209 e. The second kappa shape index (κ2) is 2.78. The normalized spacial score (nSPS) is 19.6. The molecule has 0 N–H and O–H groups in total. The van der Waals surface area contributed by atoms with E-state index in [1.54, 1.807) is 0 Å². The highest BCUT2D eigenvalue weighted by atomic mass is 35.5. The average Bonchev–Trinajstić information content (AvgIpc) is 1.58. The molecule has 1 unspecified atom stereocenters. The van der Waals surface area contributed by atoms with Crippen LogP contribution >= 0.6 is 34.8 Å². The van der Waals surface area contributed by atoms with Crippen molar-refractivity contribution in [3.05, 3.63) is 0 Å². The van der Waals surface area contributed by atoms with Crippen LogP contribution in [0.25, 0.3) is 0 Å².